The van der Waals surface area contributed by atoms with Crippen LogP contribution in [0.15, 0.2) is 46.9 Å². The van der Waals surface area contributed by atoms with Crippen molar-refractivity contribution in [3.8, 4) is 0 Å². The minimum absolute atomic E-state index is 0.0510. The molecule has 0 bridgehead atoms. The van der Waals surface area contributed by atoms with E-state index >= 15 is 0 Å². The minimum atomic E-state index is -0.358. The number of carbonyl (C=O) groups is 3. The van der Waals surface area contributed by atoms with Crippen molar-refractivity contribution >= 4 is 17.5 Å². The van der Waals surface area contributed by atoms with Gasteiger partial charge in [0.15, 0.2) is 0 Å². The van der Waals surface area contributed by atoms with E-state index in [1.807, 2.05) is 13.8 Å². The lowest BCUT2D eigenvalue weighted by Crippen LogP contribution is -2.30. The van der Waals surface area contributed by atoms with Crippen molar-refractivity contribution in [1.82, 2.24) is 5.32 Å². The first-order chi connectivity index (χ1) is 12.3. The van der Waals surface area contributed by atoms with E-state index < -0.39 is 0 Å². The predicted octanol–water partition coefficient (Wildman–Crippen LogP) is 2.34. The molecule has 1 aliphatic rings. The van der Waals surface area contributed by atoms with Crippen LogP contribution in [-0.2, 0) is 25.5 Å². The molecule has 0 fully saturated rings. The molecule has 1 aliphatic carbocycles. The van der Waals surface area contributed by atoms with Crippen LogP contribution in [0.2, 0.25) is 0 Å². The number of allylic oxidation sites excluding steroid dienone is 2. The lowest BCUT2D eigenvalue weighted by molar-refractivity contribution is -0.121. The average Bonchev–Trinajstić information content (AvgIpc) is 2.61. The van der Waals surface area contributed by atoms with Gasteiger partial charge < -0.3 is 14.8 Å². The molecule has 1 amide bonds. The quantitative estimate of drug-likeness (QED) is 0.790. The number of nitrogens with one attached hydrogen (secondary N) is 1. The summed E-state index contributed by atoms with van der Waals surface area (Å²) < 4.78 is 10.1. The second-order valence-electron chi connectivity index (χ2n) is 6.33. The van der Waals surface area contributed by atoms with Crippen molar-refractivity contribution in [1.29, 1.82) is 0 Å². The number of ketones is 2. The first-order valence-corrected chi connectivity index (χ1v) is 8.31. The van der Waals surface area contributed by atoms with Gasteiger partial charge in [-0.15, -0.1) is 0 Å². The van der Waals surface area contributed by atoms with Crippen LogP contribution >= 0.6 is 0 Å². The molecule has 0 unspecified atom stereocenters. The number of hydrogen-bond donors (Lipinski definition) is 1. The Bertz CT molecular complexity index is 800. The Morgan fingerprint density at radius 1 is 1.00 bits per heavy atom. The number of methoxy groups -OCH3 is 2. The fourth-order valence-corrected chi connectivity index (χ4v) is 2.73. The van der Waals surface area contributed by atoms with Crippen LogP contribution in [0.5, 0.6) is 0 Å². The highest BCUT2D eigenvalue weighted by molar-refractivity contribution is 6.23. The monoisotopic (exact) mass is 357 g/mol. The van der Waals surface area contributed by atoms with Gasteiger partial charge in [-0.1, -0.05) is 12.1 Å². The Hall–Kier alpha value is -2.89. The molecule has 0 spiro atoms. The van der Waals surface area contributed by atoms with Crippen LogP contribution < -0.4 is 5.32 Å². The summed E-state index contributed by atoms with van der Waals surface area (Å²) in [6.07, 6.45) is 0.270. The summed E-state index contributed by atoms with van der Waals surface area (Å²) in [7, 11) is 2.67. The Kier molecular flexibility index (Phi) is 5.97. The van der Waals surface area contributed by atoms with E-state index in [1.165, 1.54) is 14.2 Å². The standard InChI is InChI=1S/C20H23NO5/c1-11(2)21-20(24)14-8-6-13(7-9-14)10-15-12(3)16(22)18(25-4)19(26-5)17(15)23/h6-9,11H,10H2,1-5H3,(H,21,24). The van der Waals surface area contributed by atoms with E-state index in [4.69, 9.17) is 9.47 Å². The van der Waals surface area contributed by atoms with Crippen molar-refractivity contribution in [2.45, 2.75) is 33.2 Å². The summed E-state index contributed by atoms with van der Waals surface area (Å²) >= 11 is 0. The smallest absolute Gasteiger partial charge is 0.251 e. The molecular weight excluding hydrogens is 334 g/mol. The third kappa shape index (κ3) is 3.85. The van der Waals surface area contributed by atoms with Gasteiger partial charge in [0.25, 0.3) is 5.91 Å². The molecule has 0 saturated heterocycles. The van der Waals surface area contributed by atoms with Crippen molar-refractivity contribution in [2.24, 2.45) is 0 Å². The second kappa shape index (κ2) is 7.99. The minimum Gasteiger partial charge on any atom is -0.489 e. The largest absolute Gasteiger partial charge is 0.489 e. The molecule has 26 heavy (non-hydrogen) atoms. The first kappa shape index (κ1) is 19.4. The third-order valence-electron chi connectivity index (χ3n) is 4.11. The molecule has 1 aromatic rings. The maximum absolute atomic E-state index is 12.6. The number of Topliss-reactive ketones (excluding diaryl/α,β-unsaturated/α-hetero) is 2. The molecule has 0 saturated carbocycles. The summed E-state index contributed by atoms with van der Waals surface area (Å²) in [5.74, 6) is -1.01. The van der Waals surface area contributed by atoms with Crippen LogP contribution in [0.1, 0.15) is 36.7 Å². The predicted molar refractivity (Wildman–Crippen MR) is 96.5 cm³/mol. The van der Waals surface area contributed by atoms with E-state index in [-0.39, 0.29) is 41.5 Å². The highest BCUT2D eigenvalue weighted by Crippen LogP contribution is 2.27. The zero-order valence-electron chi connectivity index (χ0n) is 15.6. The fourth-order valence-electron chi connectivity index (χ4n) is 2.73. The normalized spacial score (nSPS) is 14.8. The number of ether oxygens (including phenoxy) is 2. The van der Waals surface area contributed by atoms with Crippen LogP contribution in [0.3, 0.4) is 0 Å². The Morgan fingerprint density at radius 3 is 2.04 bits per heavy atom. The first-order valence-electron chi connectivity index (χ1n) is 8.31. The number of amides is 1. The van der Waals surface area contributed by atoms with Crippen LogP contribution in [-0.4, -0.2) is 37.7 Å². The molecular formula is C20H23NO5. The van der Waals surface area contributed by atoms with Gasteiger partial charge in [0.05, 0.1) is 14.2 Å². The van der Waals surface area contributed by atoms with Crippen LogP contribution in [0, 0.1) is 0 Å². The number of benzene rings is 1. The Morgan fingerprint density at radius 2 is 1.54 bits per heavy atom. The van der Waals surface area contributed by atoms with Gasteiger partial charge >= 0.3 is 0 Å². The van der Waals surface area contributed by atoms with E-state index in [1.54, 1.807) is 31.2 Å². The highest BCUT2D eigenvalue weighted by atomic mass is 16.5. The van der Waals surface area contributed by atoms with Crippen molar-refractivity contribution in [3.63, 3.8) is 0 Å². The summed E-state index contributed by atoms with van der Waals surface area (Å²) in [5, 5.41) is 2.82. The zero-order chi connectivity index (χ0) is 19.4. The maximum atomic E-state index is 12.6. The average molecular weight is 357 g/mol. The van der Waals surface area contributed by atoms with Gasteiger partial charge in [0.1, 0.15) is 0 Å². The topological polar surface area (TPSA) is 81.7 Å². The second-order valence-corrected chi connectivity index (χ2v) is 6.33. The fraction of sp³-hybridized carbons (Fsp3) is 0.350. The van der Waals surface area contributed by atoms with E-state index in [2.05, 4.69) is 5.32 Å². The van der Waals surface area contributed by atoms with Gasteiger partial charge in [0, 0.05) is 29.2 Å². The molecule has 0 heterocycles. The summed E-state index contributed by atoms with van der Waals surface area (Å²) in [6.45, 7) is 5.39. The Labute approximate surface area is 152 Å². The molecule has 0 aliphatic heterocycles. The van der Waals surface area contributed by atoms with Crippen LogP contribution in [0.25, 0.3) is 0 Å². The number of hydrogen-bond acceptors (Lipinski definition) is 5. The van der Waals surface area contributed by atoms with Crippen molar-refractivity contribution < 1.29 is 23.9 Å². The molecule has 138 valence electrons. The SMILES string of the molecule is COC1=C(OC)C(=O)C(Cc2ccc(C(=O)NC(C)C)cc2)=C(C)C1=O. The van der Waals surface area contributed by atoms with E-state index in [0.717, 1.165) is 5.56 Å². The molecule has 0 radical (unpaired) electrons. The molecule has 2 rings (SSSR count). The summed E-state index contributed by atoms with van der Waals surface area (Å²) in [6, 6.07) is 7.00. The maximum Gasteiger partial charge on any atom is 0.251 e. The highest BCUT2D eigenvalue weighted by Gasteiger charge is 2.34. The molecule has 0 atom stereocenters. The van der Waals surface area contributed by atoms with E-state index in [0.29, 0.717) is 16.7 Å². The van der Waals surface area contributed by atoms with Gasteiger partial charge in [-0.2, -0.15) is 0 Å². The van der Waals surface area contributed by atoms with Gasteiger partial charge in [-0.05, 0) is 38.5 Å². The van der Waals surface area contributed by atoms with Crippen molar-refractivity contribution in [2.75, 3.05) is 14.2 Å². The third-order valence-corrected chi connectivity index (χ3v) is 4.11. The number of rotatable bonds is 6. The van der Waals surface area contributed by atoms with Gasteiger partial charge in [0.2, 0.25) is 23.1 Å². The molecule has 1 aromatic carbocycles. The van der Waals surface area contributed by atoms with Crippen LogP contribution in [0.4, 0.5) is 0 Å². The molecule has 6 heteroatoms. The lowest BCUT2D eigenvalue weighted by Gasteiger charge is -2.20. The summed E-state index contributed by atoms with van der Waals surface area (Å²) in [5.41, 5.74) is 2.07. The van der Waals surface area contributed by atoms with E-state index in [9.17, 15) is 14.4 Å². The van der Waals surface area contributed by atoms with Gasteiger partial charge in [-0.25, -0.2) is 0 Å². The molecule has 1 N–H and O–H groups in total. The molecule has 6 nitrogen and oxygen atoms in total. The van der Waals surface area contributed by atoms with Gasteiger partial charge in [-0.3, -0.25) is 14.4 Å². The lowest BCUT2D eigenvalue weighted by atomic mass is 9.88. The molecule has 0 aromatic heterocycles. The number of carbonyl (C=O) groups excluding carboxylic acids is 3. The Balaban J connectivity index is 2.25. The van der Waals surface area contributed by atoms with Crippen molar-refractivity contribution in [3.05, 3.63) is 58.1 Å². The zero-order valence-corrected chi connectivity index (χ0v) is 15.6. The summed E-state index contributed by atoms with van der Waals surface area (Å²) in [4.78, 5) is 37.0.